The van der Waals surface area contributed by atoms with Crippen molar-refractivity contribution in [1.29, 1.82) is 0 Å². The Kier molecular flexibility index (Phi) is 6.40. The van der Waals surface area contributed by atoms with Crippen molar-refractivity contribution >= 4 is 26.7 Å². The number of benzene rings is 3. The first-order valence-electron chi connectivity index (χ1n) is 11.9. The number of ether oxygens (including phenoxy) is 2. The Morgan fingerprint density at radius 2 is 1.32 bits per heavy atom. The van der Waals surface area contributed by atoms with Crippen LogP contribution in [0.2, 0.25) is 0 Å². The summed E-state index contributed by atoms with van der Waals surface area (Å²) in [6, 6.07) is 23.5. The van der Waals surface area contributed by atoms with E-state index in [0.29, 0.717) is 13.1 Å². The smallest absolute Gasteiger partial charge is 0.187 e. The fourth-order valence-electron chi connectivity index (χ4n) is 4.08. The zero-order chi connectivity index (χ0) is 25.9. The molecule has 0 saturated carbocycles. The Bertz CT molecular complexity index is 1570. The van der Waals surface area contributed by atoms with E-state index in [2.05, 4.69) is 31.6 Å². The second kappa shape index (κ2) is 10.3. The van der Waals surface area contributed by atoms with E-state index in [4.69, 9.17) is 14.5 Å². The van der Waals surface area contributed by atoms with Crippen LogP contribution < -0.4 is 14.4 Å². The zero-order valence-corrected chi connectivity index (χ0v) is 21.6. The fourth-order valence-corrected chi connectivity index (χ4v) is 5.04. The number of anilines is 1. The summed E-state index contributed by atoms with van der Waals surface area (Å²) in [5.74, 6) is 1.52. The molecule has 0 aliphatic carbocycles. The molecule has 0 atom stereocenters. The Hall–Kier alpha value is -4.77. The summed E-state index contributed by atoms with van der Waals surface area (Å²) in [7, 11) is 3.29. The molecular formula is C27H24N8O2S. The number of aromatic nitrogens is 7. The maximum Gasteiger partial charge on any atom is 0.187 e. The van der Waals surface area contributed by atoms with E-state index < -0.39 is 0 Å². The molecule has 38 heavy (non-hydrogen) atoms. The van der Waals surface area contributed by atoms with Gasteiger partial charge in [0.2, 0.25) is 0 Å². The Morgan fingerprint density at radius 3 is 1.87 bits per heavy atom. The monoisotopic (exact) mass is 524 g/mol. The van der Waals surface area contributed by atoms with Crippen LogP contribution in [0.3, 0.4) is 0 Å². The van der Waals surface area contributed by atoms with Crippen LogP contribution in [0.1, 0.15) is 11.4 Å². The van der Waals surface area contributed by atoms with Crippen LogP contribution in [-0.2, 0) is 13.1 Å². The van der Waals surface area contributed by atoms with Crippen LogP contribution in [0.5, 0.6) is 11.5 Å². The van der Waals surface area contributed by atoms with E-state index in [1.807, 2.05) is 79.1 Å². The topological polar surface area (TPSA) is 96.0 Å². The summed E-state index contributed by atoms with van der Waals surface area (Å²) in [6.07, 6.45) is 3.84. The van der Waals surface area contributed by atoms with Crippen molar-refractivity contribution < 1.29 is 9.47 Å². The van der Waals surface area contributed by atoms with Gasteiger partial charge < -0.3 is 14.4 Å². The molecule has 10 nitrogen and oxygen atoms in total. The van der Waals surface area contributed by atoms with Crippen molar-refractivity contribution in [1.82, 2.24) is 35.0 Å². The van der Waals surface area contributed by atoms with Gasteiger partial charge in [-0.05, 0) is 36.4 Å². The fraction of sp³-hybridized carbons (Fsp3) is 0.148. The first-order valence-corrected chi connectivity index (χ1v) is 12.7. The maximum absolute atomic E-state index is 5.35. The number of hydrogen-bond acceptors (Lipinski definition) is 9. The Labute approximate surface area is 222 Å². The largest absolute Gasteiger partial charge is 0.497 e. The molecule has 0 amide bonds. The third-order valence-electron chi connectivity index (χ3n) is 5.98. The highest BCUT2D eigenvalue weighted by Gasteiger charge is 2.18. The van der Waals surface area contributed by atoms with Crippen LogP contribution in [0.15, 0.2) is 85.2 Å². The summed E-state index contributed by atoms with van der Waals surface area (Å²) in [5.41, 5.74) is 4.30. The second-order valence-electron chi connectivity index (χ2n) is 8.53. The van der Waals surface area contributed by atoms with Gasteiger partial charge in [0.1, 0.15) is 22.9 Å². The quantitative estimate of drug-likeness (QED) is 0.269. The van der Waals surface area contributed by atoms with Gasteiger partial charge in [-0.1, -0.05) is 46.0 Å². The van der Waals surface area contributed by atoms with Crippen LogP contribution in [-0.4, -0.2) is 49.2 Å². The van der Waals surface area contributed by atoms with Gasteiger partial charge >= 0.3 is 0 Å². The molecule has 3 aromatic carbocycles. The highest BCUT2D eigenvalue weighted by Crippen LogP contribution is 2.30. The van der Waals surface area contributed by atoms with E-state index in [-0.39, 0.29) is 0 Å². The van der Waals surface area contributed by atoms with Crippen LogP contribution in [0, 0.1) is 0 Å². The molecule has 190 valence electrons. The van der Waals surface area contributed by atoms with Crippen LogP contribution in [0.25, 0.3) is 21.6 Å². The molecule has 3 aromatic heterocycles. The standard InChI is InChI=1S/C27H24N8O2S/c1-36-23-9-5-7-21(13-23)34-17-19(29-31-34)15-33(27-28-25-11-3-4-12-26(25)38-27)16-20-18-35(32-30-20)22-8-6-10-24(14-22)37-2/h3-14,17-18H,15-16H2,1-2H3. The molecule has 3 heterocycles. The van der Waals surface area contributed by atoms with Crippen molar-refractivity contribution in [2.75, 3.05) is 19.1 Å². The molecule has 6 aromatic rings. The molecule has 0 aliphatic heterocycles. The zero-order valence-electron chi connectivity index (χ0n) is 20.8. The van der Waals surface area contributed by atoms with Gasteiger partial charge in [0, 0.05) is 12.1 Å². The number of methoxy groups -OCH3 is 2. The minimum absolute atomic E-state index is 0.496. The number of rotatable bonds is 9. The first kappa shape index (κ1) is 23.6. The average molecular weight is 525 g/mol. The van der Waals surface area contributed by atoms with Crippen molar-refractivity contribution in [3.8, 4) is 22.9 Å². The predicted octanol–water partition coefficient (Wildman–Crippen LogP) is 4.68. The average Bonchev–Trinajstić information content (AvgIpc) is 3.72. The number of para-hydroxylation sites is 1. The summed E-state index contributed by atoms with van der Waals surface area (Å²) in [4.78, 5) is 7.03. The normalized spacial score (nSPS) is 11.1. The first-order chi connectivity index (χ1) is 18.7. The third kappa shape index (κ3) is 4.91. The number of thiazole rings is 1. The lowest BCUT2D eigenvalue weighted by Crippen LogP contribution is -2.22. The summed E-state index contributed by atoms with van der Waals surface area (Å²) in [5, 5.41) is 18.4. The molecule has 0 spiro atoms. The molecule has 0 fully saturated rings. The van der Waals surface area contributed by atoms with E-state index in [1.54, 1.807) is 34.9 Å². The molecule has 6 rings (SSSR count). The lowest BCUT2D eigenvalue weighted by Gasteiger charge is -2.19. The van der Waals surface area contributed by atoms with Crippen molar-refractivity contribution in [3.05, 3.63) is 96.6 Å². The van der Waals surface area contributed by atoms with Gasteiger partial charge in [-0.15, -0.1) is 10.2 Å². The lowest BCUT2D eigenvalue weighted by molar-refractivity contribution is 0.414. The molecule has 0 aliphatic rings. The van der Waals surface area contributed by atoms with Crippen LogP contribution in [0.4, 0.5) is 5.13 Å². The summed E-state index contributed by atoms with van der Waals surface area (Å²) >= 11 is 1.63. The van der Waals surface area contributed by atoms with Crippen molar-refractivity contribution in [2.45, 2.75) is 13.1 Å². The third-order valence-corrected chi connectivity index (χ3v) is 7.07. The van der Waals surface area contributed by atoms with Gasteiger partial charge in [-0.3, -0.25) is 0 Å². The highest BCUT2D eigenvalue weighted by atomic mass is 32.1. The van der Waals surface area contributed by atoms with Crippen molar-refractivity contribution in [3.63, 3.8) is 0 Å². The van der Waals surface area contributed by atoms with E-state index in [0.717, 1.165) is 49.6 Å². The number of hydrogen-bond donors (Lipinski definition) is 0. The minimum Gasteiger partial charge on any atom is -0.497 e. The van der Waals surface area contributed by atoms with Gasteiger partial charge in [-0.25, -0.2) is 14.3 Å². The molecule has 0 N–H and O–H groups in total. The molecule has 0 unspecified atom stereocenters. The Balaban J connectivity index is 1.29. The second-order valence-corrected chi connectivity index (χ2v) is 9.54. The van der Waals surface area contributed by atoms with Crippen molar-refractivity contribution in [2.24, 2.45) is 0 Å². The predicted molar refractivity (Wildman–Crippen MR) is 145 cm³/mol. The van der Waals surface area contributed by atoms with Gasteiger partial charge in [0.15, 0.2) is 5.13 Å². The summed E-state index contributed by atoms with van der Waals surface area (Å²) in [6.45, 7) is 0.992. The Morgan fingerprint density at radius 1 is 0.737 bits per heavy atom. The van der Waals surface area contributed by atoms with E-state index in [9.17, 15) is 0 Å². The highest BCUT2D eigenvalue weighted by molar-refractivity contribution is 7.22. The summed E-state index contributed by atoms with van der Waals surface area (Å²) < 4.78 is 15.3. The number of nitrogens with zero attached hydrogens (tertiary/aromatic N) is 8. The van der Waals surface area contributed by atoms with Crippen LogP contribution >= 0.6 is 11.3 Å². The number of fused-ring (bicyclic) bond motifs is 1. The van der Waals surface area contributed by atoms with E-state index >= 15 is 0 Å². The molecule has 0 bridgehead atoms. The molecule has 0 saturated heterocycles. The SMILES string of the molecule is COc1cccc(-n2cc(CN(Cc3cn(-c4cccc(OC)c4)nn3)c3nc4ccccc4s3)nn2)c1. The van der Waals surface area contributed by atoms with Gasteiger partial charge in [0.25, 0.3) is 0 Å². The van der Waals surface area contributed by atoms with Gasteiger partial charge in [-0.2, -0.15) is 0 Å². The van der Waals surface area contributed by atoms with Gasteiger partial charge in [0.05, 0.1) is 61.3 Å². The molecule has 11 heteroatoms. The lowest BCUT2D eigenvalue weighted by atomic mass is 10.3. The van der Waals surface area contributed by atoms with E-state index in [1.165, 1.54) is 0 Å². The molecule has 0 radical (unpaired) electrons. The maximum atomic E-state index is 5.35. The molecular weight excluding hydrogens is 500 g/mol. The minimum atomic E-state index is 0.496.